The van der Waals surface area contributed by atoms with E-state index in [0.29, 0.717) is 0 Å². The van der Waals surface area contributed by atoms with Crippen LogP contribution in [0.5, 0.6) is 0 Å². The molecule has 1 aromatic rings. The molecule has 90 valence electrons. The minimum absolute atomic E-state index is 0.747. The van der Waals surface area contributed by atoms with Gasteiger partial charge in [0.15, 0.2) is 0 Å². The summed E-state index contributed by atoms with van der Waals surface area (Å²) in [6.07, 6.45) is 8.07. The third-order valence-electron chi connectivity index (χ3n) is 2.96. The van der Waals surface area contributed by atoms with E-state index in [4.69, 9.17) is 23.8 Å². The van der Waals surface area contributed by atoms with Gasteiger partial charge in [-0.1, -0.05) is 36.0 Å². The van der Waals surface area contributed by atoms with E-state index in [1.807, 2.05) is 30.3 Å². The van der Waals surface area contributed by atoms with Crippen LogP contribution in [-0.4, -0.2) is 22.9 Å². The first-order valence-electron chi connectivity index (χ1n) is 5.98. The van der Waals surface area contributed by atoms with E-state index in [9.17, 15) is 0 Å². The van der Waals surface area contributed by atoms with Crippen molar-refractivity contribution in [1.29, 1.82) is 0 Å². The first-order valence-corrected chi connectivity index (χ1v) is 6.76. The molecule has 1 aromatic carbocycles. The molecule has 1 nitrogen and oxygen atoms in total. The minimum Gasteiger partial charge on any atom is -0.377 e. The number of piperidine rings is 1. The van der Waals surface area contributed by atoms with Gasteiger partial charge >= 0.3 is 0 Å². The monoisotopic (exact) mass is 265 g/mol. The fourth-order valence-corrected chi connectivity index (χ4v) is 2.27. The number of hydrogen-bond acceptors (Lipinski definition) is 2. The van der Waals surface area contributed by atoms with Gasteiger partial charge < -0.3 is 4.90 Å². The van der Waals surface area contributed by atoms with E-state index in [-0.39, 0.29) is 0 Å². The molecule has 1 aliphatic rings. The Balaban J connectivity index is 1.96. The topological polar surface area (TPSA) is 3.24 Å². The van der Waals surface area contributed by atoms with E-state index < -0.39 is 0 Å². The maximum absolute atomic E-state index is 5.85. The van der Waals surface area contributed by atoms with E-state index in [0.717, 1.165) is 28.5 Å². The minimum atomic E-state index is 0.747. The molecule has 0 bridgehead atoms. The predicted molar refractivity (Wildman–Crippen MR) is 77.7 cm³/mol. The van der Waals surface area contributed by atoms with Crippen molar-refractivity contribution in [2.75, 3.05) is 13.1 Å². The Morgan fingerprint density at radius 1 is 1.12 bits per heavy atom. The Morgan fingerprint density at radius 2 is 1.76 bits per heavy atom. The van der Waals surface area contributed by atoms with Crippen LogP contribution in [0.25, 0.3) is 0 Å². The molecule has 2 rings (SSSR count). The highest BCUT2D eigenvalue weighted by Gasteiger charge is 2.05. The number of rotatable bonds is 3. The second kappa shape index (κ2) is 6.18. The lowest BCUT2D eigenvalue weighted by molar-refractivity contribution is 0.310. The molecule has 0 spiro atoms. The number of benzene rings is 1. The smallest absolute Gasteiger partial charge is 0.0463 e. The molecule has 1 heterocycles. The average Bonchev–Trinajstić information content (AvgIpc) is 2.38. The van der Waals surface area contributed by atoms with Crippen molar-refractivity contribution < 1.29 is 0 Å². The molecule has 0 radical (unpaired) electrons. The van der Waals surface area contributed by atoms with Gasteiger partial charge in [0.25, 0.3) is 0 Å². The molecule has 0 N–H and O–H groups in total. The molecule has 0 atom stereocenters. The summed E-state index contributed by atoms with van der Waals surface area (Å²) >= 11 is 11.2. The predicted octanol–water partition coefficient (Wildman–Crippen LogP) is 4.06. The molecular formula is C14H16ClNS. The zero-order valence-electron chi connectivity index (χ0n) is 9.73. The Morgan fingerprint density at radius 3 is 2.41 bits per heavy atom. The van der Waals surface area contributed by atoms with E-state index in [2.05, 4.69) is 11.1 Å². The Bertz CT molecular complexity index is 405. The van der Waals surface area contributed by atoms with Crippen LogP contribution in [-0.2, 0) is 0 Å². The summed E-state index contributed by atoms with van der Waals surface area (Å²) in [6.45, 7) is 2.31. The molecule has 0 aromatic heterocycles. The Labute approximate surface area is 113 Å². The summed E-state index contributed by atoms with van der Waals surface area (Å²) in [4.78, 5) is 3.21. The molecule has 1 aliphatic heterocycles. The lowest BCUT2D eigenvalue weighted by Gasteiger charge is -2.24. The first kappa shape index (κ1) is 12.6. The highest BCUT2D eigenvalue weighted by molar-refractivity contribution is 7.81. The number of hydrogen-bond donors (Lipinski definition) is 0. The summed E-state index contributed by atoms with van der Waals surface area (Å²) in [5.41, 5.74) is 1.05. The van der Waals surface area contributed by atoms with Gasteiger partial charge in [-0.25, -0.2) is 0 Å². The van der Waals surface area contributed by atoms with Crippen LogP contribution in [0, 0.1) is 0 Å². The van der Waals surface area contributed by atoms with Crippen LogP contribution >= 0.6 is 23.8 Å². The fourth-order valence-electron chi connectivity index (χ4n) is 1.95. The molecule has 1 saturated heterocycles. The molecule has 0 aliphatic carbocycles. The summed E-state index contributed by atoms with van der Waals surface area (Å²) in [7, 11) is 0. The zero-order valence-corrected chi connectivity index (χ0v) is 11.3. The summed E-state index contributed by atoms with van der Waals surface area (Å²) in [6, 6.07) is 7.67. The van der Waals surface area contributed by atoms with Crippen LogP contribution < -0.4 is 0 Å². The number of likely N-dealkylation sites (tertiary alicyclic amines) is 1. The van der Waals surface area contributed by atoms with Gasteiger partial charge in [-0.2, -0.15) is 0 Å². The van der Waals surface area contributed by atoms with E-state index >= 15 is 0 Å². The van der Waals surface area contributed by atoms with Crippen molar-refractivity contribution in [2.45, 2.75) is 19.3 Å². The van der Waals surface area contributed by atoms with Crippen LogP contribution in [0.1, 0.15) is 24.8 Å². The van der Waals surface area contributed by atoms with Gasteiger partial charge in [0, 0.05) is 29.2 Å². The lowest BCUT2D eigenvalue weighted by Crippen LogP contribution is -2.24. The third kappa shape index (κ3) is 3.83. The molecule has 0 amide bonds. The quantitative estimate of drug-likeness (QED) is 0.461. The van der Waals surface area contributed by atoms with Gasteiger partial charge in [0.05, 0.1) is 0 Å². The summed E-state index contributed by atoms with van der Waals surface area (Å²) < 4.78 is 0. The number of allylic oxidation sites excluding steroid dienone is 1. The maximum Gasteiger partial charge on any atom is 0.0463 e. The van der Waals surface area contributed by atoms with Crippen LogP contribution in [0.15, 0.2) is 36.5 Å². The third-order valence-corrected chi connectivity index (χ3v) is 3.58. The second-order valence-corrected chi connectivity index (χ2v) is 5.16. The van der Waals surface area contributed by atoms with Crippen molar-refractivity contribution in [2.24, 2.45) is 0 Å². The number of halogens is 1. The highest BCUT2D eigenvalue weighted by Crippen LogP contribution is 2.12. The Hall–Kier alpha value is -0.860. The van der Waals surface area contributed by atoms with Crippen LogP contribution in [0.3, 0.4) is 0 Å². The van der Waals surface area contributed by atoms with E-state index in [1.165, 1.54) is 19.3 Å². The van der Waals surface area contributed by atoms with Gasteiger partial charge in [0.1, 0.15) is 0 Å². The van der Waals surface area contributed by atoms with E-state index in [1.54, 1.807) is 0 Å². The molecule has 0 unspecified atom stereocenters. The van der Waals surface area contributed by atoms with Crippen LogP contribution in [0.4, 0.5) is 0 Å². The normalized spacial score (nSPS) is 16.4. The molecular weight excluding hydrogens is 250 g/mol. The van der Waals surface area contributed by atoms with Gasteiger partial charge in [0.2, 0.25) is 0 Å². The number of nitrogens with zero attached hydrogens (tertiary/aromatic N) is 1. The molecule has 3 heteroatoms. The molecule has 1 fully saturated rings. The number of thiocarbonyl (C=S) groups is 1. The van der Waals surface area contributed by atoms with Crippen molar-refractivity contribution in [3.63, 3.8) is 0 Å². The Kier molecular flexibility index (Phi) is 4.57. The highest BCUT2D eigenvalue weighted by atomic mass is 35.5. The first-order chi connectivity index (χ1) is 8.25. The maximum atomic E-state index is 5.85. The summed E-state index contributed by atoms with van der Waals surface area (Å²) in [5, 5.41) is 0.747. The molecule has 17 heavy (non-hydrogen) atoms. The van der Waals surface area contributed by atoms with Gasteiger partial charge in [-0.3, -0.25) is 0 Å². The van der Waals surface area contributed by atoms with Crippen molar-refractivity contribution in [3.05, 3.63) is 47.1 Å². The summed E-state index contributed by atoms with van der Waals surface area (Å²) in [5.74, 6) is 0. The SMILES string of the molecule is S=C(/C=C/N1CCCCC1)c1ccc(Cl)cc1. The zero-order chi connectivity index (χ0) is 12.1. The van der Waals surface area contributed by atoms with Crippen molar-refractivity contribution in [3.8, 4) is 0 Å². The average molecular weight is 266 g/mol. The van der Waals surface area contributed by atoms with Gasteiger partial charge in [-0.15, -0.1) is 0 Å². The molecule has 0 saturated carbocycles. The van der Waals surface area contributed by atoms with Gasteiger partial charge in [-0.05, 0) is 43.0 Å². The fraction of sp³-hybridized carbons (Fsp3) is 0.357. The second-order valence-electron chi connectivity index (χ2n) is 4.28. The van der Waals surface area contributed by atoms with Crippen molar-refractivity contribution >= 4 is 28.7 Å². The standard InChI is InChI=1S/C14H16ClNS/c15-13-6-4-12(5-7-13)14(17)8-11-16-9-2-1-3-10-16/h4-8,11H,1-3,9-10H2/b11-8+. The van der Waals surface area contributed by atoms with Crippen LogP contribution in [0.2, 0.25) is 5.02 Å². The van der Waals surface area contributed by atoms with Crippen molar-refractivity contribution in [1.82, 2.24) is 4.90 Å². The largest absolute Gasteiger partial charge is 0.377 e. The lowest BCUT2D eigenvalue weighted by atomic mass is 10.1.